The minimum absolute atomic E-state index is 0.163. The van der Waals surface area contributed by atoms with Crippen LogP contribution in [0.1, 0.15) is 25.3 Å². The van der Waals surface area contributed by atoms with Crippen LogP contribution in [0.2, 0.25) is 0 Å². The van der Waals surface area contributed by atoms with Crippen LogP contribution in [0.4, 0.5) is 5.82 Å². The third-order valence-corrected chi connectivity index (χ3v) is 5.11. The summed E-state index contributed by atoms with van der Waals surface area (Å²) in [5.74, 6) is 0.706. The van der Waals surface area contributed by atoms with E-state index in [1.807, 2.05) is 24.3 Å². The van der Waals surface area contributed by atoms with E-state index in [1.54, 1.807) is 19.6 Å². The van der Waals surface area contributed by atoms with Crippen LogP contribution in [-0.2, 0) is 4.74 Å². The number of aromatic amines is 1. The molecule has 1 aliphatic rings. The lowest BCUT2D eigenvalue weighted by Crippen LogP contribution is -2.48. The van der Waals surface area contributed by atoms with Crippen LogP contribution in [0.3, 0.4) is 0 Å². The predicted octanol–water partition coefficient (Wildman–Crippen LogP) is 3.07. The minimum atomic E-state index is -0.208. The van der Waals surface area contributed by atoms with Gasteiger partial charge in [0.2, 0.25) is 0 Å². The van der Waals surface area contributed by atoms with Crippen LogP contribution in [0, 0.1) is 5.41 Å². The SMILES string of the molecule is CN=CC(C=N)c1ccc2[nH]nc(-c3cc(N4CCOC(C)(C)C4)ncn3)c2c1. The Labute approximate surface area is 169 Å². The molecule has 2 aromatic heterocycles. The lowest BCUT2D eigenvalue weighted by atomic mass is 9.99. The number of aliphatic imine (C=N–C) groups is 1. The summed E-state index contributed by atoms with van der Waals surface area (Å²) in [7, 11) is 1.72. The summed E-state index contributed by atoms with van der Waals surface area (Å²) in [5, 5.41) is 16.2. The molecule has 0 radical (unpaired) electrons. The van der Waals surface area contributed by atoms with Crippen molar-refractivity contribution in [3.05, 3.63) is 36.2 Å². The quantitative estimate of drug-likeness (QED) is 0.651. The van der Waals surface area contributed by atoms with Gasteiger partial charge in [0.05, 0.1) is 29.3 Å². The van der Waals surface area contributed by atoms with E-state index in [4.69, 9.17) is 10.1 Å². The molecule has 8 nitrogen and oxygen atoms in total. The fraction of sp³-hybridized carbons (Fsp3) is 0.381. The molecule has 1 unspecified atom stereocenters. The van der Waals surface area contributed by atoms with Crippen molar-refractivity contribution >= 4 is 29.1 Å². The molecule has 3 aromatic rings. The molecule has 1 aromatic carbocycles. The van der Waals surface area contributed by atoms with Gasteiger partial charge in [-0.1, -0.05) is 6.07 Å². The first kappa shape index (κ1) is 19.2. The first-order chi connectivity index (χ1) is 14.0. The minimum Gasteiger partial charge on any atom is -0.372 e. The number of H-pyrrole nitrogens is 1. The molecule has 4 rings (SSSR count). The first-order valence-corrected chi connectivity index (χ1v) is 9.63. The lowest BCUT2D eigenvalue weighted by Gasteiger charge is -2.38. The average molecular weight is 391 g/mol. The molecule has 1 atom stereocenters. The zero-order chi connectivity index (χ0) is 20.4. The van der Waals surface area contributed by atoms with Gasteiger partial charge in [-0.3, -0.25) is 10.1 Å². The molecule has 1 aliphatic heterocycles. The molecule has 0 saturated carbocycles. The molecule has 8 heteroatoms. The fourth-order valence-corrected chi connectivity index (χ4v) is 3.68. The number of benzene rings is 1. The number of anilines is 1. The van der Waals surface area contributed by atoms with Crippen molar-refractivity contribution in [2.45, 2.75) is 25.4 Å². The average Bonchev–Trinajstić information content (AvgIpc) is 3.14. The smallest absolute Gasteiger partial charge is 0.132 e. The number of morpholine rings is 1. The molecule has 2 N–H and O–H groups in total. The van der Waals surface area contributed by atoms with Crippen molar-refractivity contribution < 1.29 is 4.74 Å². The standard InChI is InChI=1S/C21H25N7O/c1-21(2)12-28(6-7-29-21)19-9-18(24-13-25-19)20-16-8-14(15(10-22)11-23-3)4-5-17(16)26-27-20/h4-5,8-11,13,15,22H,6-7,12H2,1-3H3,(H,26,27). The maximum absolute atomic E-state index is 7.69. The highest BCUT2D eigenvalue weighted by molar-refractivity contribution is 5.95. The topological polar surface area (TPSA) is 103 Å². The predicted molar refractivity (Wildman–Crippen MR) is 115 cm³/mol. The van der Waals surface area contributed by atoms with Gasteiger partial charge in [-0.15, -0.1) is 0 Å². The maximum atomic E-state index is 7.69. The van der Waals surface area contributed by atoms with E-state index in [2.05, 4.69) is 43.9 Å². The number of fused-ring (bicyclic) bond motifs is 1. The number of hydrogen-bond donors (Lipinski definition) is 2. The summed E-state index contributed by atoms with van der Waals surface area (Å²) in [6, 6.07) is 7.99. The zero-order valence-corrected chi connectivity index (χ0v) is 16.9. The summed E-state index contributed by atoms with van der Waals surface area (Å²) in [6.45, 7) is 6.41. The molecular weight excluding hydrogens is 366 g/mol. The van der Waals surface area contributed by atoms with Gasteiger partial charge < -0.3 is 15.0 Å². The molecule has 1 fully saturated rings. The summed E-state index contributed by atoms with van der Waals surface area (Å²) in [6.07, 6.45) is 4.73. The largest absolute Gasteiger partial charge is 0.372 e. The van der Waals surface area contributed by atoms with Crippen LogP contribution < -0.4 is 4.90 Å². The van der Waals surface area contributed by atoms with Crippen molar-refractivity contribution in [2.24, 2.45) is 4.99 Å². The van der Waals surface area contributed by atoms with Gasteiger partial charge in [0, 0.05) is 44.0 Å². The van der Waals surface area contributed by atoms with Crippen LogP contribution >= 0.6 is 0 Å². The lowest BCUT2D eigenvalue weighted by molar-refractivity contribution is -0.0279. The Bertz CT molecular complexity index is 1060. The Morgan fingerprint density at radius 3 is 2.93 bits per heavy atom. The van der Waals surface area contributed by atoms with Crippen molar-refractivity contribution in [1.29, 1.82) is 5.41 Å². The highest BCUT2D eigenvalue weighted by Gasteiger charge is 2.28. The van der Waals surface area contributed by atoms with E-state index < -0.39 is 0 Å². The van der Waals surface area contributed by atoms with E-state index in [-0.39, 0.29) is 11.5 Å². The number of aromatic nitrogens is 4. The Kier molecular flexibility index (Phi) is 5.10. The normalized spacial score (nSPS) is 17.7. The third-order valence-electron chi connectivity index (χ3n) is 5.11. The second kappa shape index (κ2) is 7.71. The van der Waals surface area contributed by atoms with E-state index in [9.17, 15) is 0 Å². The first-order valence-electron chi connectivity index (χ1n) is 9.63. The van der Waals surface area contributed by atoms with Gasteiger partial charge in [0.15, 0.2) is 0 Å². The summed E-state index contributed by atoms with van der Waals surface area (Å²) in [5.41, 5.74) is 3.24. The number of nitrogens with one attached hydrogen (secondary N) is 2. The molecule has 29 heavy (non-hydrogen) atoms. The highest BCUT2D eigenvalue weighted by Crippen LogP contribution is 2.30. The highest BCUT2D eigenvalue weighted by atomic mass is 16.5. The van der Waals surface area contributed by atoms with Gasteiger partial charge in [0.1, 0.15) is 17.8 Å². The summed E-state index contributed by atoms with van der Waals surface area (Å²) >= 11 is 0. The van der Waals surface area contributed by atoms with E-state index in [0.29, 0.717) is 6.61 Å². The monoisotopic (exact) mass is 391 g/mol. The Morgan fingerprint density at radius 2 is 2.17 bits per heavy atom. The van der Waals surface area contributed by atoms with Gasteiger partial charge in [-0.05, 0) is 31.5 Å². The molecule has 0 aliphatic carbocycles. The Hall–Kier alpha value is -3.13. The number of ether oxygens (including phenoxy) is 1. The third kappa shape index (κ3) is 3.88. The van der Waals surface area contributed by atoms with Crippen LogP contribution in [0.25, 0.3) is 22.3 Å². The fourth-order valence-electron chi connectivity index (χ4n) is 3.68. The van der Waals surface area contributed by atoms with Crippen LogP contribution in [0.15, 0.2) is 35.6 Å². The van der Waals surface area contributed by atoms with Gasteiger partial charge in [0.25, 0.3) is 0 Å². The summed E-state index contributed by atoms with van der Waals surface area (Å²) in [4.78, 5) is 15.2. The van der Waals surface area contributed by atoms with Crippen molar-refractivity contribution in [3.8, 4) is 11.4 Å². The number of hydrogen-bond acceptors (Lipinski definition) is 7. The Morgan fingerprint density at radius 1 is 1.31 bits per heavy atom. The zero-order valence-electron chi connectivity index (χ0n) is 16.9. The van der Waals surface area contributed by atoms with Gasteiger partial charge in [-0.25, -0.2) is 9.97 Å². The van der Waals surface area contributed by atoms with E-state index in [1.165, 1.54) is 6.21 Å². The van der Waals surface area contributed by atoms with Crippen LogP contribution in [-0.4, -0.2) is 64.9 Å². The van der Waals surface area contributed by atoms with Crippen molar-refractivity contribution in [3.63, 3.8) is 0 Å². The molecule has 0 spiro atoms. The molecule has 1 saturated heterocycles. The number of rotatable bonds is 5. The Balaban J connectivity index is 1.72. The van der Waals surface area contributed by atoms with Crippen LogP contribution in [0.5, 0.6) is 0 Å². The second-order valence-corrected chi connectivity index (χ2v) is 7.77. The van der Waals surface area contributed by atoms with E-state index in [0.717, 1.165) is 46.8 Å². The molecule has 0 amide bonds. The molecule has 150 valence electrons. The molecule has 0 bridgehead atoms. The second-order valence-electron chi connectivity index (χ2n) is 7.77. The maximum Gasteiger partial charge on any atom is 0.132 e. The van der Waals surface area contributed by atoms with E-state index >= 15 is 0 Å². The number of nitrogens with zero attached hydrogens (tertiary/aromatic N) is 5. The van der Waals surface area contributed by atoms with Gasteiger partial charge >= 0.3 is 0 Å². The summed E-state index contributed by atoms with van der Waals surface area (Å²) < 4.78 is 5.81. The van der Waals surface area contributed by atoms with Crippen molar-refractivity contribution in [1.82, 2.24) is 20.2 Å². The van der Waals surface area contributed by atoms with Crippen molar-refractivity contribution in [2.75, 3.05) is 31.6 Å². The molecule has 3 heterocycles. The molecular formula is C21H25N7O. The van der Waals surface area contributed by atoms with Gasteiger partial charge in [-0.2, -0.15) is 5.10 Å².